The zero-order valence-corrected chi connectivity index (χ0v) is 10.0. The first-order chi connectivity index (χ1) is 8.02. The monoisotopic (exact) mass is 252 g/mol. The van der Waals surface area contributed by atoms with E-state index in [9.17, 15) is 8.42 Å². The van der Waals surface area contributed by atoms with Crippen LogP contribution in [0, 0.1) is 0 Å². The van der Waals surface area contributed by atoms with Crippen molar-refractivity contribution in [3.05, 3.63) is 36.2 Å². The molecule has 6 heteroatoms. The summed E-state index contributed by atoms with van der Waals surface area (Å²) in [5.74, 6) is 0.525. The number of aromatic amines is 1. The standard InChI is InChI=1S/C11H12N2O3S/c1-2-9-12-10(8-6-4-3-5-7-8)11(13-9)17(14,15)16/h3-7H,2H2,1H3,(H,12,13)(H,14,15,16). The first-order valence-electron chi connectivity index (χ1n) is 5.14. The second-order valence-electron chi connectivity index (χ2n) is 3.56. The van der Waals surface area contributed by atoms with E-state index in [1.807, 2.05) is 13.0 Å². The molecule has 2 N–H and O–H groups in total. The lowest BCUT2D eigenvalue weighted by Gasteiger charge is -1.98. The van der Waals surface area contributed by atoms with Gasteiger partial charge in [0, 0.05) is 12.0 Å². The van der Waals surface area contributed by atoms with Crippen LogP contribution < -0.4 is 0 Å². The first-order valence-corrected chi connectivity index (χ1v) is 6.58. The zero-order valence-electron chi connectivity index (χ0n) is 9.21. The smallest absolute Gasteiger partial charge is 0.312 e. The molecule has 0 spiro atoms. The van der Waals surface area contributed by atoms with E-state index in [0.717, 1.165) is 0 Å². The molecule has 17 heavy (non-hydrogen) atoms. The molecule has 2 aromatic rings. The summed E-state index contributed by atoms with van der Waals surface area (Å²) in [6, 6.07) is 8.87. The van der Waals surface area contributed by atoms with Crippen LogP contribution in [-0.2, 0) is 16.5 Å². The molecule has 0 aliphatic heterocycles. The van der Waals surface area contributed by atoms with E-state index < -0.39 is 10.1 Å². The minimum Gasteiger partial charge on any atom is -0.331 e. The van der Waals surface area contributed by atoms with Crippen molar-refractivity contribution in [2.24, 2.45) is 0 Å². The Morgan fingerprint density at radius 3 is 2.47 bits per heavy atom. The molecule has 0 amide bonds. The van der Waals surface area contributed by atoms with Crippen molar-refractivity contribution < 1.29 is 13.0 Å². The van der Waals surface area contributed by atoms with Gasteiger partial charge < -0.3 is 4.98 Å². The van der Waals surface area contributed by atoms with E-state index in [-0.39, 0.29) is 10.7 Å². The fourth-order valence-electron chi connectivity index (χ4n) is 1.55. The summed E-state index contributed by atoms with van der Waals surface area (Å²) < 4.78 is 31.6. The molecule has 0 saturated heterocycles. The van der Waals surface area contributed by atoms with Crippen molar-refractivity contribution in [3.63, 3.8) is 0 Å². The van der Waals surface area contributed by atoms with E-state index in [4.69, 9.17) is 4.55 Å². The largest absolute Gasteiger partial charge is 0.331 e. The number of nitrogens with zero attached hydrogens (tertiary/aromatic N) is 1. The summed E-state index contributed by atoms with van der Waals surface area (Å²) in [5, 5.41) is -0.249. The summed E-state index contributed by atoms with van der Waals surface area (Å²) >= 11 is 0. The van der Waals surface area contributed by atoms with Crippen LogP contribution in [0.1, 0.15) is 12.7 Å². The van der Waals surface area contributed by atoms with Gasteiger partial charge in [-0.15, -0.1) is 0 Å². The Morgan fingerprint density at radius 1 is 1.29 bits per heavy atom. The molecule has 0 atom stereocenters. The number of hydrogen-bond donors (Lipinski definition) is 2. The van der Waals surface area contributed by atoms with Gasteiger partial charge >= 0.3 is 10.1 Å². The minimum absolute atomic E-state index is 0.249. The topological polar surface area (TPSA) is 83.1 Å². The Bertz CT molecular complexity index is 617. The molecule has 5 nitrogen and oxygen atoms in total. The highest BCUT2D eigenvalue weighted by atomic mass is 32.2. The number of H-pyrrole nitrogens is 1. The number of hydrogen-bond acceptors (Lipinski definition) is 3. The molecule has 0 bridgehead atoms. The molecule has 0 aliphatic rings. The van der Waals surface area contributed by atoms with Crippen molar-refractivity contribution in [2.45, 2.75) is 18.4 Å². The lowest BCUT2D eigenvalue weighted by atomic mass is 10.2. The lowest BCUT2D eigenvalue weighted by molar-refractivity contribution is 0.480. The maximum atomic E-state index is 11.2. The van der Waals surface area contributed by atoms with Crippen LogP contribution in [0.5, 0.6) is 0 Å². The van der Waals surface area contributed by atoms with E-state index in [1.165, 1.54) is 0 Å². The maximum absolute atomic E-state index is 11.2. The maximum Gasteiger partial charge on any atom is 0.312 e. The van der Waals surface area contributed by atoms with Gasteiger partial charge in [-0.3, -0.25) is 4.55 Å². The van der Waals surface area contributed by atoms with Crippen molar-refractivity contribution >= 4 is 10.1 Å². The molecule has 0 aliphatic carbocycles. The van der Waals surface area contributed by atoms with Gasteiger partial charge in [0.25, 0.3) is 0 Å². The summed E-state index contributed by atoms with van der Waals surface area (Å²) in [4.78, 5) is 6.79. The summed E-state index contributed by atoms with van der Waals surface area (Å²) in [5.41, 5.74) is 0.904. The number of aromatic nitrogens is 2. The van der Waals surface area contributed by atoms with Gasteiger partial charge in [0.05, 0.1) is 0 Å². The average molecular weight is 252 g/mol. The third-order valence-corrected chi connectivity index (χ3v) is 3.17. The second-order valence-corrected chi connectivity index (χ2v) is 4.91. The number of benzene rings is 1. The van der Waals surface area contributed by atoms with Crippen LogP contribution in [-0.4, -0.2) is 22.9 Å². The van der Waals surface area contributed by atoms with Crippen molar-refractivity contribution in [3.8, 4) is 11.3 Å². The predicted molar refractivity (Wildman–Crippen MR) is 63.2 cm³/mol. The molecular formula is C11H12N2O3S. The average Bonchev–Trinajstić information content (AvgIpc) is 2.74. The predicted octanol–water partition coefficient (Wildman–Crippen LogP) is 1.89. The molecule has 1 aromatic heterocycles. The Hall–Kier alpha value is -1.66. The highest BCUT2D eigenvalue weighted by Crippen LogP contribution is 2.24. The Labute approximate surface area is 99.3 Å². The SMILES string of the molecule is CCc1nc(-c2ccccc2)c(S(=O)(=O)O)[nH]1. The van der Waals surface area contributed by atoms with Crippen molar-refractivity contribution in [1.82, 2.24) is 9.97 Å². The summed E-state index contributed by atoms with van der Waals surface area (Å²) in [7, 11) is -4.29. The normalized spacial score (nSPS) is 11.6. The Balaban J connectivity index is 2.65. The zero-order chi connectivity index (χ0) is 12.5. The number of aryl methyl sites for hydroxylation is 1. The van der Waals surface area contributed by atoms with Gasteiger partial charge in [-0.05, 0) is 0 Å². The van der Waals surface area contributed by atoms with Crippen LogP contribution in [0.25, 0.3) is 11.3 Å². The van der Waals surface area contributed by atoms with E-state index in [2.05, 4.69) is 9.97 Å². The first kappa shape index (κ1) is 11.8. The van der Waals surface area contributed by atoms with E-state index in [0.29, 0.717) is 17.8 Å². The third-order valence-electron chi connectivity index (χ3n) is 2.36. The van der Waals surface area contributed by atoms with E-state index in [1.54, 1.807) is 24.3 Å². The van der Waals surface area contributed by atoms with Gasteiger partial charge in [-0.2, -0.15) is 8.42 Å². The fraction of sp³-hybridized carbons (Fsp3) is 0.182. The second kappa shape index (κ2) is 4.31. The molecule has 2 rings (SSSR count). The van der Waals surface area contributed by atoms with Gasteiger partial charge in [0.15, 0.2) is 5.03 Å². The summed E-state index contributed by atoms with van der Waals surface area (Å²) in [6.45, 7) is 1.85. The van der Waals surface area contributed by atoms with Crippen LogP contribution in [0.4, 0.5) is 0 Å². The molecular weight excluding hydrogens is 240 g/mol. The van der Waals surface area contributed by atoms with Crippen LogP contribution in [0.3, 0.4) is 0 Å². The van der Waals surface area contributed by atoms with Gasteiger partial charge in [0.1, 0.15) is 11.5 Å². The third kappa shape index (κ3) is 2.37. The fourth-order valence-corrected chi connectivity index (χ4v) is 2.20. The molecule has 90 valence electrons. The van der Waals surface area contributed by atoms with E-state index >= 15 is 0 Å². The molecule has 1 heterocycles. The van der Waals surface area contributed by atoms with Crippen LogP contribution in [0.15, 0.2) is 35.4 Å². The summed E-state index contributed by atoms with van der Waals surface area (Å²) in [6.07, 6.45) is 0.565. The van der Waals surface area contributed by atoms with Crippen LogP contribution in [0.2, 0.25) is 0 Å². The highest BCUT2D eigenvalue weighted by Gasteiger charge is 2.21. The molecule has 0 fully saturated rings. The minimum atomic E-state index is -4.29. The van der Waals surface area contributed by atoms with Gasteiger partial charge in [0.2, 0.25) is 0 Å². The van der Waals surface area contributed by atoms with Crippen molar-refractivity contribution in [1.29, 1.82) is 0 Å². The highest BCUT2D eigenvalue weighted by molar-refractivity contribution is 7.85. The molecule has 0 unspecified atom stereocenters. The van der Waals surface area contributed by atoms with Gasteiger partial charge in [-0.1, -0.05) is 37.3 Å². The van der Waals surface area contributed by atoms with Crippen LogP contribution >= 0.6 is 0 Å². The Kier molecular flexibility index (Phi) is 2.99. The molecule has 0 saturated carbocycles. The molecule has 1 aromatic carbocycles. The quantitative estimate of drug-likeness (QED) is 0.817. The Morgan fingerprint density at radius 2 is 1.94 bits per heavy atom. The lowest BCUT2D eigenvalue weighted by Crippen LogP contribution is -2.00. The molecule has 0 radical (unpaired) electrons. The number of imidazole rings is 1. The van der Waals surface area contributed by atoms with Gasteiger partial charge in [-0.25, -0.2) is 4.98 Å². The number of rotatable bonds is 3. The number of nitrogens with one attached hydrogen (secondary N) is 1. The van der Waals surface area contributed by atoms with Crippen molar-refractivity contribution in [2.75, 3.05) is 0 Å².